The molecule has 0 aliphatic carbocycles. The molecule has 1 atom stereocenters. The van der Waals surface area contributed by atoms with Crippen LogP contribution in [0.3, 0.4) is 0 Å². The largest absolute Gasteiger partial charge is 0.388 e. The average molecular weight is 208 g/mol. The predicted octanol–water partition coefficient (Wildman–Crippen LogP) is 1.17. The zero-order valence-electron chi connectivity index (χ0n) is 8.90. The van der Waals surface area contributed by atoms with Gasteiger partial charge in [0.1, 0.15) is 0 Å². The smallest absolute Gasteiger partial charge is 0.312 e. The minimum absolute atomic E-state index is 0.504. The average Bonchev–Trinajstić information content (AvgIpc) is 2.14. The Morgan fingerprint density at radius 3 is 2.33 bits per heavy atom. The van der Waals surface area contributed by atoms with Gasteiger partial charge in [-0.15, -0.1) is 0 Å². The van der Waals surface area contributed by atoms with Crippen LogP contribution in [0.25, 0.3) is 0 Å². The molecule has 0 unspecified atom stereocenters. The van der Waals surface area contributed by atoms with E-state index in [-0.39, 0.29) is 0 Å². The lowest BCUT2D eigenvalue weighted by Gasteiger charge is -2.29. The van der Waals surface area contributed by atoms with Crippen molar-refractivity contribution in [3.8, 4) is 0 Å². The molecule has 0 fully saturated rings. The van der Waals surface area contributed by atoms with Crippen molar-refractivity contribution in [2.75, 3.05) is 0 Å². The summed E-state index contributed by atoms with van der Waals surface area (Å²) in [7, 11) is 0. The van der Waals surface area contributed by atoms with E-state index in [0.717, 1.165) is 5.56 Å². The molecule has 1 aromatic rings. The molecule has 0 heterocycles. The normalized spacial score (nSPS) is 13.3. The number of primary amides is 1. The molecule has 1 aromatic carbocycles. The molecule has 0 aliphatic heterocycles. The number of urea groups is 1. The fourth-order valence-corrected chi connectivity index (χ4v) is 1.46. The van der Waals surface area contributed by atoms with Crippen LogP contribution < -0.4 is 11.1 Å². The van der Waals surface area contributed by atoms with E-state index in [4.69, 9.17) is 5.73 Å². The van der Waals surface area contributed by atoms with Gasteiger partial charge in [-0.3, -0.25) is 0 Å². The summed E-state index contributed by atoms with van der Waals surface area (Å²) in [5.74, 6) is 0. The Hall–Kier alpha value is -1.55. The SMILES string of the molecule is CC(C)(O)[C@H](NC(N)=O)c1ccccc1. The molecule has 82 valence electrons. The van der Waals surface area contributed by atoms with Crippen LogP contribution in [0.4, 0.5) is 4.79 Å². The Morgan fingerprint density at radius 1 is 1.40 bits per heavy atom. The number of hydrogen-bond acceptors (Lipinski definition) is 2. The third-order valence-electron chi connectivity index (χ3n) is 2.13. The summed E-state index contributed by atoms with van der Waals surface area (Å²) in [6, 6.07) is 8.07. The Bertz CT molecular complexity index is 330. The van der Waals surface area contributed by atoms with E-state index in [1.807, 2.05) is 30.3 Å². The summed E-state index contributed by atoms with van der Waals surface area (Å²) in [4.78, 5) is 10.8. The minimum atomic E-state index is -1.06. The van der Waals surface area contributed by atoms with Crippen LogP contribution in [0, 0.1) is 0 Å². The highest BCUT2D eigenvalue weighted by Gasteiger charge is 2.28. The van der Waals surface area contributed by atoms with Crippen molar-refractivity contribution in [3.05, 3.63) is 35.9 Å². The Labute approximate surface area is 89.1 Å². The topological polar surface area (TPSA) is 75.3 Å². The summed E-state index contributed by atoms with van der Waals surface area (Å²) in [5, 5.41) is 12.4. The van der Waals surface area contributed by atoms with Crippen LogP contribution >= 0.6 is 0 Å². The standard InChI is InChI=1S/C11H16N2O2/c1-11(2,15)9(13-10(12)14)8-6-4-3-5-7-8/h3-7,9,15H,1-2H3,(H3,12,13,14)/t9-/m1/s1. The highest BCUT2D eigenvalue weighted by atomic mass is 16.3. The lowest BCUT2D eigenvalue weighted by Crippen LogP contribution is -2.44. The van der Waals surface area contributed by atoms with Crippen LogP contribution in [-0.2, 0) is 0 Å². The Morgan fingerprint density at radius 2 is 1.93 bits per heavy atom. The second-order valence-electron chi connectivity index (χ2n) is 4.01. The van der Waals surface area contributed by atoms with Crippen molar-refractivity contribution in [1.82, 2.24) is 5.32 Å². The van der Waals surface area contributed by atoms with Gasteiger partial charge in [-0.2, -0.15) is 0 Å². The van der Waals surface area contributed by atoms with E-state index in [1.165, 1.54) is 0 Å². The van der Waals surface area contributed by atoms with E-state index < -0.39 is 17.7 Å². The monoisotopic (exact) mass is 208 g/mol. The molecule has 0 saturated heterocycles. The van der Waals surface area contributed by atoms with Crippen molar-refractivity contribution < 1.29 is 9.90 Å². The van der Waals surface area contributed by atoms with E-state index in [9.17, 15) is 9.90 Å². The summed E-state index contributed by atoms with van der Waals surface area (Å²) >= 11 is 0. The van der Waals surface area contributed by atoms with Crippen molar-refractivity contribution in [2.45, 2.75) is 25.5 Å². The van der Waals surface area contributed by atoms with Gasteiger partial charge in [0.05, 0.1) is 11.6 Å². The molecule has 0 saturated carbocycles. The van der Waals surface area contributed by atoms with E-state index in [1.54, 1.807) is 13.8 Å². The molecule has 0 radical (unpaired) electrons. The number of hydrogen-bond donors (Lipinski definition) is 3. The summed E-state index contributed by atoms with van der Waals surface area (Å²) < 4.78 is 0. The van der Waals surface area contributed by atoms with Crippen LogP contribution in [0.5, 0.6) is 0 Å². The molecule has 0 spiro atoms. The van der Waals surface area contributed by atoms with Gasteiger partial charge < -0.3 is 16.2 Å². The maximum Gasteiger partial charge on any atom is 0.312 e. The highest BCUT2D eigenvalue weighted by Crippen LogP contribution is 2.24. The lowest BCUT2D eigenvalue weighted by molar-refractivity contribution is 0.0413. The second kappa shape index (κ2) is 4.31. The van der Waals surface area contributed by atoms with E-state index in [0.29, 0.717) is 0 Å². The van der Waals surface area contributed by atoms with E-state index in [2.05, 4.69) is 5.32 Å². The molecular weight excluding hydrogens is 192 g/mol. The van der Waals surface area contributed by atoms with Crippen molar-refractivity contribution >= 4 is 6.03 Å². The number of benzene rings is 1. The lowest BCUT2D eigenvalue weighted by atomic mass is 9.92. The van der Waals surface area contributed by atoms with Gasteiger partial charge >= 0.3 is 6.03 Å². The number of aliphatic hydroxyl groups is 1. The fraction of sp³-hybridized carbons (Fsp3) is 0.364. The number of nitrogens with one attached hydrogen (secondary N) is 1. The van der Waals surface area contributed by atoms with Crippen LogP contribution in [0.1, 0.15) is 25.5 Å². The molecule has 1 rings (SSSR count). The molecule has 0 bridgehead atoms. The molecule has 2 amide bonds. The first-order valence-corrected chi connectivity index (χ1v) is 4.74. The number of carbonyl (C=O) groups is 1. The van der Waals surface area contributed by atoms with Crippen LogP contribution in [-0.4, -0.2) is 16.7 Å². The van der Waals surface area contributed by atoms with Gasteiger partial charge in [-0.1, -0.05) is 30.3 Å². The van der Waals surface area contributed by atoms with Gasteiger partial charge in [0.15, 0.2) is 0 Å². The summed E-state index contributed by atoms with van der Waals surface area (Å²) in [6.07, 6.45) is 0. The van der Waals surface area contributed by atoms with Crippen LogP contribution in [0.2, 0.25) is 0 Å². The highest BCUT2D eigenvalue weighted by molar-refractivity contribution is 5.72. The first-order chi connectivity index (χ1) is 6.91. The number of amides is 2. The first kappa shape index (κ1) is 11.5. The van der Waals surface area contributed by atoms with E-state index >= 15 is 0 Å². The molecule has 15 heavy (non-hydrogen) atoms. The number of carbonyl (C=O) groups excluding carboxylic acids is 1. The van der Waals surface area contributed by atoms with Crippen molar-refractivity contribution in [1.29, 1.82) is 0 Å². The second-order valence-corrected chi connectivity index (χ2v) is 4.01. The van der Waals surface area contributed by atoms with Gasteiger partial charge in [-0.05, 0) is 19.4 Å². The van der Waals surface area contributed by atoms with Crippen molar-refractivity contribution in [2.24, 2.45) is 5.73 Å². The third kappa shape index (κ3) is 3.25. The molecule has 4 N–H and O–H groups in total. The summed E-state index contributed by atoms with van der Waals surface area (Å²) in [6.45, 7) is 3.25. The zero-order valence-corrected chi connectivity index (χ0v) is 8.90. The van der Waals surface area contributed by atoms with Crippen molar-refractivity contribution in [3.63, 3.8) is 0 Å². The van der Waals surface area contributed by atoms with Gasteiger partial charge in [0.25, 0.3) is 0 Å². The first-order valence-electron chi connectivity index (χ1n) is 4.74. The predicted molar refractivity (Wildman–Crippen MR) is 58.2 cm³/mol. The third-order valence-corrected chi connectivity index (χ3v) is 2.13. The maximum atomic E-state index is 10.8. The van der Waals surface area contributed by atoms with Gasteiger partial charge in [-0.25, -0.2) is 4.79 Å². The molecular formula is C11H16N2O2. The molecule has 0 aliphatic rings. The van der Waals surface area contributed by atoms with Crippen LogP contribution in [0.15, 0.2) is 30.3 Å². The molecule has 4 heteroatoms. The fourth-order valence-electron chi connectivity index (χ4n) is 1.46. The van der Waals surface area contributed by atoms with Gasteiger partial charge in [0.2, 0.25) is 0 Å². The maximum absolute atomic E-state index is 10.8. The number of rotatable bonds is 3. The minimum Gasteiger partial charge on any atom is -0.388 e. The quantitative estimate of drug-likeness (QED) is 0.697. The molecule has 0 aromatic heterocycles. The Balaban J connectivity index is 2.97. The molecule has 4 nitrogen and oxygen atoms in total. The zero-order chi connectivity index (χ0) is 11.5. The number of nitrogens with two attached hydrogens (primary N) is 1. The van der Waals surface area contributed by atoms with Gasteiger partial charge in [0, 0.05) is 0 Å². The summed E-state index contributed by atoms with van der Waals surface area (Å²) in [5.41, 5.74) is 4.83. The Kier molecular flexibility index (Phi) is 3.31.